The first-order valence-electron chi connectivity index (χ1n) is 2.75. The molecule has 0 fully saturated rings. The Kier molecular flexibility index (Phi) is 1.64. The fraction of sp³-hybridized carbons (Fsp3) is 0.286. The summed E-state index contributed by atoms with van der Waals surface area (Å²) in [6, 6.07) is 1.93. The average molecular weight is 123 g/mol. The molecule has 1 aliphatic carbocycles. The smallest absolute Gasteiger partial charge is 0.122 e. The Morgan fingerprint density at radius 2 is 2.56 bits per heavy atom. The van der Waals surface area contributed by atoms with Crippen molar-refractivity contribution in [1.82, 2.24) is 0 Å². The van der Waals surface area contributed by atoms with Crippen LogP contribution >= 0.6 is 0 Å². The van der Waals surface area contributed by atoms with E-state index in [1.165, 1.54) is 12.2 Å². The summed E-state index contributed by atoms with van der Waals surface area (Å²) in [5.41, 5.74) is 0.559. The predicted molar refractivity (Wildman–Crippen MR) is 32.3 cm³/mol. The summed E-state index contributed by atoms with van der Waals surface area (Å²) in [5, 5.41) is 8.29. The molecule has 0 aromatic heterocycles. The lowest BCUT2D eigenvalue weighted by Crippen LogP contribution is -1.96. The van der Waals surface area contributed by atoms with Crippen LogP contribution in [0.3, 0.4) is 0 Å². The molecule has 1 atom stereocenters. The van der Waals surface area contributed by atoms with E-state index >= 15 is 0 Å². The van der Waals surface area contributed by atoms with E-state index in [9.17, 15) is 4.39 Å². The first-order chi connectivity index (χ1) is 4.33. The molecule has 2 heteroatoms. The maximum atomic E-state index is 12.3. The number of nitrogens with zero attached hydrogens (tertiary/aromatic N) is 1. The van der Waals surface area contributed by atoms with Crippen LogP contribution in [0.25, 0.3) is 0 Å². The summed E-state index contributed by atoms with van der Waals surface area (Å²) in [6.45, 7) is 0. The zero-order valence-electron chi connectivity index (χ0n) is 4.84. The fourth-order valence-corrected chi connectivity index (χ4v) is 0.677. The Balaban J connectivity index is 2.66. The minimum Gasteiger partial charge on any atom is -0.243 e. The molecular weight excluding hydrogens is 117 g/mol. The van der Waals surface area contributed by atoms with Crippen molar-refractivity contribution >= 4 is 0 Å². The van der Waals surface area contributed by atoms with Gasteiger partial charge < -0.3 is 0 Å². The van der Waals surface area contributed by atoms with Crippen molar-refractivity contribution in [1.29, 1.82) is 5.26 Å². The van der Waals surface area contributed by atoms with Crippen molar-refractivity contribution < 1.29 is 4.39 Å². The molecule has 1 rings (SSSR count). The third-order valence-electron chi connectivity index (χ3n) is 1.18. The van der Waals surface area contributed by atoms with Gasteiger partial charge in [0.05, 0.1) is 6.07 Å². The van der Waals surface area contributed by atoms with E-state index in [1.807, 2.05) is 6.07 Å². The van der Waals surface area contributed by atoms with Gasteiger partial charge in [0.25, 0.3) is 0 Å². The minimum atomic E-state index is -0.887. The molecule has 1 unspecified atom stereocenters. The molecule has 1 aliphatic rings. The van der Waals surface area contributed by atoms with Crippen LogP contribution in [0.5, 0.6) is 0 Å². The SMILES string of the molecule is N#CC1=CCC(F)C=C1. The summed E-state index contributed by atoms with van der Waals surface area (Å²) in [5.74, 6) is 0. The number of halogens is 1. The second kappa shape index (κ2) is 2.45. The Bertz CT molecular complexity index is 197. The van der Waals surface area contributed by atoms with Crippen molar-refractivity contribution in [2.75, 3.05) is 0 Å². The summed E-state index contributed by atoms with van der Waals surface area (Å²) >= 11 is 0. The zero-order valence-corrected chi connectivity index (χ0v) is 4.84. The molecule has 0 aromatic rings. The summed E-state index contributed by atoms with van der Waals surface area (Å²) in [7, 11) is 0. The van der Waals surface area contributed by atoms with E-state index in [1.54, 1.807) is 6.08 Å². The Morgan fingerprint density at radius 3 is 3.00 bits per heavy atom. The van der Waals surface area contributed by atoms with E-state index in [2.05, 4.69) is 0 Å². The highest BCUT2D eigenvalue weighted by atomic mass is 19.1. The first-order valence-corrected chi connectivity index (χ1v) is 2.75. The molecule has 9 heavy (non-hydrogen) atoms. The van der Waals surface area contributed by atoms with Gasteiger partial charge in [-0.1, -0.05) is 6.08 Å². The largest absolute Gasteiger partial charge is 0.243 e. The van der Waals surface area contributed by atoms with Crippen LogP contribution in [-0.4, -0.2) is 6.17 Å². The predicted octanol–water partition coefficient (Wildman–Crippen LogP) is 1.73. The van der Waals surface area contributed by atoms with Crippen LogP contribution in [0, 0.1) is 11.3 Å². The van der Waals surface area contributed by atoms with E-state index in [4.69, 9.17) is 5.26 Å². The number of rotatable bonds is 0. The second-order valence-corrected chi connectivity index (χ2v) is 1.88. The van der Waals surface area contributed by atoms with E-state index in [0.29, 0.717) is 12.0 Å². The Morgan fingerprint density at radius 1 is 1.78 bits per heavy atom. The maximum Gasteiger partial charge on any atom is 0.122 e. The van der Waals surface area contributed by atoms with E-state index < -0.39 is 6.17 Å². The molecule has 0 aliphatic heterocycles. The molecular formula is C7H6FN. The van der Waals surface area contributed by atoms with Crippen molar-refractivity contribution in [3.63, 3.8) is 0 Å². The third kappa shape index (κ3) is 1.39. The number of nitriles is 1. The van der Waals surface area contributed by atoms with Crippen LogP contribution in [-0.2, 0) is 0 Å². The molecule has 0 heterocycles. The van der Waals surface area contributed by atoms with E-state index in [0.717, 1.165) is 0 Å². The van der Waals surface area contributed by atoms with Gasteiger partial charge in [-0.3, -0.25) is 0 Å². The monoisotopic (exact) mass is 123 g/mol. The van der Waals surface area contributed by atoms with Gasteiger partial charge in [0.15, 0.2) is 0 Å². The molecule has 46 valence electrons. The van der Waals surface area contributed by atoms with Crippen molar-refractivity contribution in [2.24, 2.45) is 0 Å². The standard InChI is InChI=1S/C7H6FN/c8-7-3-1-6(5-9)2-4-7/h1-3,7H,4H2. The van der Waals surface area contributed by atoms with Crippen LogP contribution in [0.15, 0.2) is 23.8 Å². The van der Waals surface area contributed by atoms with Gasteiger partial charge in [-0.05, 0) is 12.2 Å². The van der Waals surface area contributed by atoms with Crippen LogP contribution in [0.4, 0.5) is 4.39 Å². The number of hydrogen-bond donors (Lipinski definition) is 0. The summed E-state index contributed by atoms with van der Waals surface area (Å²) in [4.78, 5) is 0. The number of allylic oxidation sites excluding steroid dienone is 4. The summed E-state index contributed by atoms with van der Waals surface area (Å²) in [6.07, 6.45) is 3.97. The lowest BCUT2D eigenvalue weighted by molar-refractivity contribution is 0.401. The van der Waals surface area contributed by atoms with Gasteiger partial charge in [-0.2, -0.15) is 5.26 Å². The normalized spacial score (nSPS) is 24.9. The molecule has 0 bridgehead atoms. The van der Waals surface area contributed by atoms with Gasteiger partial charge in [0.1, 0.15) is 6.17 Å². The maximum absolute atomic E-state index is 12.3. The highest BCUT2D eigenvalue weighted by molar-refractivity contribution is 5.35. The molecule has 0 spiro atoms. The zero-order chi connectivity index (χ0) is 6.69. The van der Waals surface area contributed by atoms with Crippen LogP contribution in [0.2, 0.25) is 0 Å². The van der Waals surface area contributed by atoms with Gasteiger partial charge >= 0.3 is 0 Å². The lowest BCUT2D eigenvalue weighted by atomic mass is 10.1. The lowest BCUT2D eigenvalue weighted by Gasteiger charge is -2.01. The van der Waals surface area contributed by atoms with Crippen molar-refractivity contribution in [2.45, 2.75) is 12.6 Å². The van der Waals surface area contributed by atoms with Crippen molar-refractivity contribution in [3.8, 4) is 6.07 Å². The van der Waals surface area contributed by atoms with Crippen molar-refractivity contribution in [3.05, 3.63) is 23.8 Å². The number of alkyl halides is 1. The fourth-order valence-electron chi connectivity index (χ4n) is 0.677. The van der Waals surface area contributed by atoms with Crippen LogP contribution in [0.1, 0.15) is 6.42 Å². The Hall–Kier alpha value is -1.10. The molecule has 0 amide bonds. The average Bonchev–Trinajstić information content (AvgIpc) is 1.90. The highest BCUT2D eigenvalue weighted by Gasteiger charge is 2.04. The molecule has 0 aromatic carbocycles. The highest BCUT2D eigenvalue weighted by Crippen LogP contribution is 2.11. The quantitative estimate of drug-likeness (QED) is 0.481. The van der Waals surface area contributed by atoms with Gasteiger partial charge in [0, 0.05) is 12.0 Å². The second-order valence-electron chi connectivity index (χ2n) is 1.88. The molecule has 0 saturated heterocycles. The minimum absolute atomic E-state index is 0.347. The van der Waals surface area contributed by atoms with E-state index in [-0.39, 0.29) is 0 Å². The van der Waals surface area contributed by atoms with Gasteiger partial charge in [-0.15, -0.1) is 0 Å². The topological polar surface area (TPSA) is 23.8 Å². The Labute approximate surface area is 53.1 Å². The van der Waals surface area contributed by atoms with Crippen LogP contribution < -0.4 is 0 Å². The number of hydrogen-bond acceptors (Lipinski definition) is 1. The molecule has 0 radical (unpaired) electrons. The molecule has 1 nitrogen and oxygen atoms in total. The van der Waals surface area contributed by atoms with Gasteiger partial charge in [0.2, 0.25) is 0 Å². The third-order valence-corrected chi connectivity index (χ3v) is 1.18. The molecule has 0 N–H and O–H groups in total. The van der Waals surface area contributed by atoms with Gasteiger partial charge in [-0.25, -0.2) is 4.39 Å². The summed E-state index contributed by atoms with van der Waals surface area (Å²) < 4.78 is 12.3. The molecule has 0 saturated carbocycles. The first kappa shape index (κ1) is 6.03.